The molecule has 28 heavy (non-hydrogen) atoms. The summed E-state index contributed by atoms with van der Waals surface area (Å²) >= 11 is 0. The lowest BCUT2D eigenvalue weighted by Gasteiger charge is -2.16. The smallest absolute Gasteiger partial charge is 0.245 e. The summed E-state index contributed by atoms with van der Waals surface area (Å²) < 4.78 is 13.1. The molecular formula is C22H18FN3O2. The van der Waals surface area contributed by atoms with Crippen molar-refractivity contribution in [3.63, 3.8) is 0 Å². The molecule has 5 nitrogen and oxygen atoms in total. The van der Waals surface area contributed by atoms with Gasteiger partial charge in [-0.15, -0.1) is 0 Å². The van der Waals surface area contributed by atoms with Crippen molar-refractivity contribution in [2.24, 2.45) is 11.0 Å². The first-order valence-electron chi connectivity index (χ1n) is 8.98. The number of nitrogens with one attached hydrogen (secondary N) is 1. The second-order valence-electron chi connectivity index (χ2n) is 6.68. The molecule has 1 saturated heterocycles. The van der Waals surface area contributed by atoms with E-state index in [1.165, 1.54) is 29.2 Å². The highest BCUT2D eigenvalue weighted by Crippen LogP contribution is 2.25. The fourth-order valence-electron chi connectivity index (χ4n) is 3.37. The highest BCUT2D eigenvalue weighted by atomic mass is 19.1. The Labute approximate surface area is 161 Å². The van der Waals surface area contributed by atoms with Gasteiger partial charge in [0.2, 0.25) is 11.8 Å². The molecule has 1 heterocycles. The number of hydrogen-bond acceptors (Lipinski definition) is 3. The molecule has 0 aromatic heterocycles. The highest BCUT2D eigenvalue weighted by molar-refractivity contribution is 6.01. The highest BCUT2D eigenvalue weighted by Gasteiger charge is 2.35. The molecular weight excluding hydrogens is 357 g/mol. The molecule has 1 aliphatic heterocycles. The third-order valence-electron chi connectivity index (χ3n) is 4.84. The molecule has 3 aromatic rings. The lowest BCUT2D eigenvalue weighted by Crippen LogP contribution is -2.30. The van der Waals surface area contributed by atoms with Crippen LogP contribution in [-0.2, 0) is 9.59 Å². The Bertz CT molecular complexity index is 1060. The van der Waals surface area contributed by atoms with E-state index in [0.29, 0.717) is 5.69 Å². The standard InChI is InChI=1S/C22H18FN3O2/c23-18-8-10-19(11-9-18)26-14-17(12-21(26)27)22(28)25-24-13-16-6-3-5-15-4-1-2-7-20(15)16/h1-11,13,17H,12,14H2,(H,25,28)/t17-/m0/s1. The van der Waals surface area contributed by atoms with Crippen LogP contribution >= 0.6 is 0 Å². The molecule has 0 radical (unpaired) electrons. The first-order valence-corrected chi connectivity index (χ1v) is 8.98. The van der Waals surface area contributed by atoms with Gasteiger partial charge in [-0.3, -0.25) is 9.59 Å². The Morgan fingerprint density at radius 1 is 1.07 bits per heavy atom. The summed E-state index contributed by atoms with van der Waals surface area (Å²) in [7, 11) is 0. The number of benzene rings is 3. The predicted octanol–water partition coefficient (Wildman–Crippen LogP) is 3.48. The van der Waals surface area contributed by atoms with Crippen LogP contribution in [-0.4, -0.2) is 24.6 Å². The Kier molecular flexibility index (Phi) is 4.85. The number of rotatable bonds is 4. The Morgan fingerprint density at radius 2 is 1.82 bits per heavy atom. The van der Waals surface area contributed by atoms with Crippen LogP contribution in [0.15, 0.2) is 71.8 Å². The van der Waals surface area contributed by atoms with Crippen molar-refractivity contribution in [1.82, 2.24) is 5.43 Å². The summed E-state index contributed by atoms with van der Waals surface area (Å²) in [6.45, 7) is 0.250. The average molecular weight is 375 g/mol. The largest absolute Gasteiger partial charge is 0.312 e. The molecule has 0 spiro atoms. The van der Waals surface area contributed by atoms with Crippen LogP contribution in [0.25, 0.3) is 10.8 Å². The summed E-state index contributed by atoms with van der Waals surface area (Å²) in [5.41, 5.74) is 4.01. The number of carbonyl (C=O) groups is 2. The van der Waals surface area contributed by atoms with E-state index in [9.17, 15) is 14.0 Å². The number of anilines is 1. The zero-order valence-corrected chi connectivity index (χ0v) is 15.0. The van der Waals surface area contributed by atoms with Gasteiger partial charge in [0.1, 0.15) is 5.82 Å². The fourth-order valence-corrected chi connectivity index (χ4v) is 3.37. The van der Waals surface area contributed by atoms with Crippen LogP contribution in [0.4, 0.5) is 10.1 Å². The van der Waals surface area contributed by atoms with E-state index >= 15 is 0 Å². The molecule has 0 aliphatic carbocycles. The molecule has 0 bridgehead atoms. The van der Waals surface area contributed by atoms with Gasteiger partial charge in [-0.2, -0.15) is 5.10 Å². The third-order valence-corrected chi connectivity index (χ3v) is 4.84. The van der Waals surface area contributed by atoms with Crippen molar-refractivity contribution in [3.8, 4) is 0 Å². The molecule has 1 atom stereocenters. The maximum Gasteiger partial charge on any atom is 0.245 e. The van der Waals surface area contributed by atoms with Crippen LogP contribution in [0.2, 0.25) is 0 Å². The Balaban J connectivity index is 1.42. The summed E-state index contributed by atoms with van der Waals surface area (Å²) in [6.07, 6.45) is 1.71. The van der Waals surface area contributed by atoms with E-state index in [1.807, 2.05) is 42.5 Å². The number of amides is 2. The molecule has 6 heteroatoms. The first kappa shape index (κ1) is 17.9. The zero-order chi connectivity index (χ0) is 19.5. The van der Waals surface area contributed by atoms with Gasteiger partial charge in [0.25, 0.3) is 0 Å². The van der Waals surface area contributed by atoms with Crippen molar-refractivity contribution < 1.29 is 14.0 Å². The van der Waals surface area contributed by atoms with Crippen molar-refractivity contribution in [1.29, 1.82) is 0 Å². The summed E-state index contributed by atoms with van der Waals surface area (Å²) in [6, 6.07) is 19.5. The van der Waals surface area contributed by atoms with E-state index in [0.717, 1.165) is 16.3 Å². The minimum absolute atomic E-state index is 0.104. The number of nitrogens with zero attached hydrogens (tertiary/aromatic N) is 2. The number of halogens is 1. The van der Waals surface area contributed by atoms with E-state index in [-0.39, 0.29) is 30.6 Å². The summed E-state index contributed by atoms with van der Waals surface area (Å²) in [4.78, 5) is 26.1. The van der Waals surface area contributed by atoms with Crippen molar-refractivity contribution >= 4 is 34.5 Å². The Morgan fingerprint density at radius 3 is 2.64 bits per heavy atom. The SMILES string of the molecule is O=C(NN=Cc1cccc2ccccc12)[C@H]1CC(=O)N(c2ccc(F)cc2)C1. The topological polar surface area (TPSA) is 61.8 Å². The van der Waals surface area contributed by atoms with Crippen LogP contribution in [0.1, 0.15) is 12.0 Å². The first-order chi connectivity index (χ1) is 13.6. The lowest BCUT2D eigenvalue weighted by atomic mass is 10.1. The number of hydrazone groups is 1. The molecule has 1 N–H and O–H groups in total. The average Bonchev–Trinajstić information content (AvgIpc) is 3.10. The second kappa shape index (κ2) is 7.60. The third kappa shape index (κ3) is 3.62. The normalized spacial score (nSPS) is 16.8. The molecule has 4 rings (SSSR count). The van der Waals surface area contributed by atoms with Crippen molar-refractivity contribution in [3.05, 3.63) is 78.1 Å². The van der Waals surface area contributed by atoms with Gasteiger partial charge in [-0.25, -0.2) is 9.82 Å². The molecule has 140 valence electrons. The van der Waals surface area contributed by atoms with Crippen LogP contribution in [0.3, 0.4) is 0 Å². The van der Waals surface area contributed by atoms with Crippen molar-refractivity contribution in [2.75, 3.05) is 11.4 Å². The fraction of sp³-hybridized carbons (Fsp3) is 0.136. The molecule has 2 amide bonds. The maximum absolute atomic E-state index is 13.1. The van der Waals surface area contributed by atoms with Crippen molar-refractivity contribution in [2.45, 2.75) is 6.42 Å². The predicted molar refractivity (Wildman–Crippen MR) is 107 cm³/mol. The van der Waals surface area contributed by atoms with Gasteiger partial charge < -0.3 is 4.90 Å². The number of hydrogen-bond donors (Lipinski definition) is 1. The second-order valence-corrected chi connectivity index (χ2v) is 6.68. The van der Waals surface area contributed by atoms with E-state index in [2.05, 4.69) is 10.5 Å². The van der Waals surface area contributed by atoms with Crippen LogP contribution in [0.5, 0.6) is 0 Å². The minimum Gasteiger partial charge on any atom is -0.312 e. The zero-order valence-electron chi connectivity index (χ0n) is 15.0. The lowest BCUT2D eigenvalue weighted by molar-refractivity contribution is -0.126. The van der Waals surface area contributed by atoms with E-state index < -0.39 is 5.92 Å². The van der Waals surface area contributed by atoms with Gasteiger partial charge in [0, 0.05) is 24.2 Å². The number of carbonyl (C=O) groups excluding carboxylic acids is 2. The Hall–Kier alpha value is -3.54. The van der Waals surface area contributed by atoms with Gasteiger partial charge in [0.05, 0.1) is 12.1 Å². The van der Waals surface area contributed by atoms with Gasteiger partial charge in [0.15, 0.2) is 0 Å². The molecule has 1 fully saturated rings. The van der Waals surface area contributed by atoms with E-state index in [4.69, 9.17) is 0 Å². The van der Waals surface area contributed by atoms with Crippen LogP contribution < -0.4 is 10.3 Å². The molecule has 1 aliphatic rings. The van der Waals surface area contributed by atoms with Gasteiger partial charge in [-0.05, 0) is 35.0 Å². The minimum atomic E-state index is -0.498. The van der Waals surface area contributed by atoms with E-state index in [1.54, 1.807) is 6.21 Å². The number of fused-ring (bicyclic) bond motifs is 1. The molecule has 3 aromatic carbocycles. The molecule has 0 saturated carbocycles. The summed E-state index contributed by atoms with van der Waals surface area (Å²) in [5, 5.41) is 6.20. The maximum atomic E-state index is 13.1. The monoisotopic (exact) mass is 375 g/mol. The molecule has 0 unspecified atom stereocenters. The van der Waals surface area contributed by atoms with Crippen LogP contribution in [0, 0.1) is 11.7 Å². The van der Waals surface area contributed by atoms with Gasteiger partial charge >= 0.3 is 0 Å². The summed E-state index contributed by atoms with van der Waals surface area (Å²) in [5.74, 6) is -1.34. The quantitative estimate of drug-likeness (QED) is 0.561. The van der Waals surface area contributed by atoms with Gasteiger partial charge in [-0.1, -0.05) is 42.5 Å².